The lowest BCUT2D eigenvalue weighted by molar-refractivity contribution is -0.751. The topological polar surface area (TPSA) is 223 Å². The fraction of sp³-hybridized carbons (Fsp3) is 0.482. The van der Waals surface area contributed by atoms with Crippen LogP contribution in [0.15, 0.2) is 78.3 Å². The van der Waals surface area contributed by atoms with E-state index in [0.29, 0.717) is 69.9 Å². The lowest BCUT2D eigenvalue weighted by Crippen LogP contribution is -2.98. The van der Waals surface area contributed by atoms with E-state index in [0.717, 1.165) is 44.7 Å². The second-order valence-electron chi connectivity index (χ2n) is 21.8. The van der Waals surface area contributed by atoms with Gasteiger partial charge in [-0.1, -0.05) is 44.7 Å². The van der Waals surface area contributed by atoms with Gasteiger partial charge in [0.05, 0.1) is 43.3 Å². The number of hydrogen-bond donors (Lipinski definition) is 5. The Labute approximate surface area is 444 Å². The lowest BCUT2D eigenvalue weighted by atomic mass is 9.59. The number of halogens is 1. The highest BCUT2D eigenvalue weighted by Gasteiger charge is 2.50. The zero-order valence-corrected chi connectivity index (χ0v) is 45.0. The summed E-state index contributed by atoms with van der Waals surface area (Å²) in [5.74, 6) is -2.05. The highest BCUT2D eigenvalue weighted by molar-refractivity contribution is 7.90. The standard InChI is InChI=1S/C56H70FN9O9S/c1-8-58-52(68)54(69)65-23-24-66(46(33-65)41-12-10-9-11-40(41)34(2)3)38-29-56(30-38)19-21-64(22-20-56)37-13-14-42(47(26-37)75-48-28-43-44(57)25-35(4)49(43)61-53(48)74-7)51(67)62-76(72,73)39-27-45(63(6)71)50(60-32-39)59-31-36-15-17-55(5,70)18-16-36/h9-14,25-28,32,34,36,38,46,63,70H,4,8,15-24,29-31,33H2,1-3,5-7H3,(H,58,68)(H,59,60)(H,62,67)/t36-,46?,55-. The molecule has 18 nitrogen and oxygen atoms in total. The number of sulfonamides is 1. The Morgan fingerprint density at radius 1 is 1.01 bits per heavy atom. The van der Waals surface area contributed by atoms with Crippen molar-refractivity contribution in [2.45, 2.75) is 108 Å². The average molecular weight is 1060 g/mol. The average Bonchev–Trinajstić information content (AvgIpc) is 3.67. The summed E-state index contributed by atoms with van der Waals surface area (Å²) >= 11 is 0. The fourth-order valence-corrected chi connectivity index (χ4v) is 12.7. The van der Waals surface area contributed by atoms with Crippen molar-refractivity contribution in [3.8, 4) is 17.4 Å². The fourth-order valence-electron chi connectivity index (χ4n) is 11.7. The van der Waals surface area contributed by atoms with Crippen LogP contribution < -0.4 is 34.8 Å². The first-order valence-electron chi connectivity index (χ1n) is 26.4. The minimum absolute atomic E-state index is 0.0105. The quantitative estimate of drug-likeness (QED) is 0.0624. The van der Waals surface area contributed by atoms with Crippen LogP contribution in [0.1, 0.15) is 124 Å². The van der Waals surface area contributed by atoms with Crippen molar-refractivity contribution in [3.05, 3.63) is 107 Å². The van der Waals surface area contributed by atoms with Gasteiger partial charge >= 0.3 is 11.8 Å². The van der Waals surface area contributed by atoms with Gasteiger partial charge in [0.15, 0.2) is 17.3 Å². The molecule has 2 aromatic heterocycles. The molecule has 9 rings (SSSR count). The van der Waals surface area contributed by atoms with Gasteiger partial charge in [0.2, 0.25) is 0 Å². The maximum Gasteiger partial charge on any atom is 0.311 e. The van der Waals surface area contributed by atoms with Gasteiger partial charge < -0.3 is 45.3 Å². The van der Waals surface area contributed by atoms with E-state index >= 15 is 4.39 Å². The Morgan fingerprint density at radius 3 is 2.42 bits per heavy atom. The SMILES string of the molecule is C=C1C=C(F)c2cc(Oc3cc(N4CCC5(CC4)CC(N4CCN(C(=O)C(=O)NCC)CC4c4ccccc4C(C)C)C5)ccc3C(=O)NS(=O)(=O)c3cnc(NC[C@H]4CC[C@](C)(O)CC4)c([NH+](C)[O-])c3)c(OC)nc21. The molecule has 20 heteroatoms. The van der Waals surface area contributed by atoms with E-state index in [-0.39, 0.29) is 75.0 Å². The Morgan fingerprint density at radius 2 is 1.74 bits per heavy atom. The van der Waals surface area contributed by atoms with Crippen LogP contribution in [0.2, 0.25) is 0 Å². The Balaban J connectivity index is 0.932. The molecule has 4 heterocycles. The van der Waals surface area contributed by atoms with E-state index in [1.54, 1.807) is 24.0 Å². The molecule has 4 aromatic rings. The van der Waals surface area contributed by atoms with Crippen LogP contribution in [0.4, 0.5) is 21.6 Å². The monoisotopic (exact) mass is 1060 g/mol. The normalized spacial score (nSPS) is 22.1. The number of aliphatic hydroxyl groups is 1. The third kappa shape index (κ3) is 11.3. The van der Waals surface area contributed by atoms with Crippen LogP contribution in [0.5, 0.6) is 17.4 Å². The van der Waals surface area contributed by atoms with Crippen LogP contribution >= 0.6 is 0 Å². The van der Waals surface area contributed by atoms with Crippen molar-refractivity contribution >= 4 is 56.3 Å². The van der Waals surface area contributed by atoms with Crippen LogP contribution in [-0.4, -0.2) is 123 Å². The van der Waals surface area contributed by atoms with Crippen molar-refractivity contribution < 1.29 is 46.8 Å². The van der Waals surface area contributed by atoms with Crippen LogP contribution in [0, 0.1) is 16.5 Å². The largest absolute Gasteiger partial charge is 0.629 e. The minimum atomic E-state index is -4.62. The summed E-state index contributed by atoms with van der Waals surface area (Å²) in [6, 6.07) is 16.1. The molecule has 2 aromatic carbocycles. The van der Waals surface area contributed by atoms with Crippen molar-refractivity contribution in [2.24, 2.45) is 11.3 Å². The number of methoxy groups -OCH3 is 1. The van der Waals surface area contributed by atoms with E-state index in [4.69, 9.17) is 9.47 Å². The third-order valence-corrected chi connectivity index (χ3v) is 17.5. The molecule has 406 valence electrons. The zero-order chi connectivity index (χ0) is 54.3. The van der Waals surface area contributed by atoms with Gasteiger partial charge in [0.1, 0.15) is 16.5 Å². The number of carbonyl (C=O) groups excluding carboxylic acids is 3. The van der Waals surface area contributed by atoms with Crippen molar-refractivity contribution in [2.75, 3.05) is 70.2 Å². The molecule has 3 aliphatic carbocycles. The number of rotatable bonds is 15. The highest BCUT2D eigenvalue weighted by atomic mass is 32.2. The summed E-state index contributed by atoms with van der Waals surface area (Å²) in [6.45, 7) is 15.6. The first kappa shape index (κ1) is 54.3. The van der Waals surface area contributed by atoms with Crippen LogP contribution in [-0.2, 0) is 19.6 Å². The number of fused-ring (bicyclic) bond motifs is 1. The number of quaternary nitrogens is 1. The number of piperazine rings is 1. The van der Waals surface area contributed by atoms with Gasteiger partial charge in [-0.05, 0) is 123 Å². The predicted octanol–water partition coefficient (Wildman–Crippen LogP) is 6.62. The predicted molar refractivity (Wildman–Crippen MR) is 287 cm³/mol. The summed E-state index contributed by atoms with van der Waals surface area (Å²) < 4.78 is 57.3. The maximum absolute atomic E-state index is 15.2. The minimum Gasteiger partial charge on any atom is -0.629 e. The Kier molecular flexibility index (Phi) is 15.6. The first-order chi connectivity index (χ1) is 36.2. The second kappa shape index (κ2) is 21.9. The van der Waals surface area contributed by atoms with Crippen molar-refractivity contribution in [3.63, 3.8) is 0 Å². The number of carbonyl (C=O) groups is 3. The van der Waals surface area contributed by atoms with Crippen LogP contribution in [0.25, 0.3) is 11.4 Å². The summed E-state index contributed by atoms with van der Waals surface area (Å²) in [6.07, 6.45) is 8.92. The number of benzene rings is 2. The van der Waals surface area contributed by atoms with E-state index in [1.165, 1.54) is 49.6 Å². The van der Waals surface area contributed by atoms with Gasteiger partial charge in [-0.25, -0.2) is 27.5 Å². The molecule has 5 N–H and O–H groups in total. The molecule has 2 unspecified atom stereocenters. The number of ether oxygens (including phenoxy) is 2. The van der Waals surface area contributed by atoms with Gasteiger partial charge in [-0.15, -0.1) is 0 Å². The third-order valence-electron chi connectivity index (χ3n) is 16.2. The highest BCUT2D eigenvalue weighted by Crippen LogP contribution is 2.54. The number of nitrogens with zero attached hydrogens (tertiary/aromatic N) is 5. The summed E-state index contributed by atoms with van der Waals surface area (Å²) in [5, 5.41) is 28.7. The molecule has 2 aliphatic heterocycles. The molecule has 4 fully saturated rings. The van der Waals surface area contributed by atoms with Crippen molar-refractivity contribution in [1.29, 1.82) is 0 Å². The summed E-state index contributed by atoms with van der Waals surface area (Å²) in [4.78, 5) is 55.1. The molecule has 2 saturated carbocycles. The second-order valence-corrected chi connectivity index (χ2v) is 23.5. The number of hydroxylamine groups is 1. The molecule has 3 amide bonds. The number of piperidine rings is 1. The summed E-state index contributed by atoms with van der Waals surface area (Å²) in [5.41, 5.74) is 3.11. The number of anilines is 2. The number of amides is 3. The molecule has 2 atom stereocenters. The smallest absolute Gasteiger partial charge is 0.311 e. The number of hydrogen-bond acceptors (Lipinski definition) is 14. The molecule has 5 aliphatic rings. The molecule has 0 radical (unpaired) electrons. The number of likely N-dealkylation sites (N-methyl/N-ethyl adjacent to an activating group) is 1. The number of allylic oxidation sites excluding steroid dienone is 2. The van der Waals surface area contributed by atoms with Crippen molar-refractivity contribution in [1.82, 2.24) is 29.8 Å². The molecular weight excluding hydrogens is 994 g/mol. The van der Waals surface area contributed by atoms with E-state index in [1.807, 2.05) is 19.1 Å². The van der Waals surface area contributed by atoms with Gasteiger partial charge in [0.25, 0.3) is 21.8 Å². The van der Waals surface area contributed by atoms with Gasteiger partial charge in [-0.2, -0.15) is 0 Å². The van der Waals surface area contributed by atoms with Crippen LogP contribution in [0.3, 0.4) is 0 Å². The summed E-state index contributed by atoms with van der Waals surface area (Å²) in [7, 11) is -1.94. The molecule has 0 bridgehead atoms. The zero-order valence-electron chi connectivity index (χ0n) is 44.2. The molecule has 2 saturated heterocycles. The molecular formula is C56H70FN9O9S. The molecule has 1 spiro atoms. The van der Waals surface area contributed by atoms with Gasteiger partial charge in [-0.3, -0.25) is 19.3 Å². The number of pyridine rings is 2. The Bertz CT molecular complexity index is 3030. The molecule has 76 heavy (non-hydrogen) atoms. The number of aromatic nitrogens is 2. The lowest BCUT2D eigenvalue weighted by Gasteiger charge is -2.58. The first-order valence-corrected chi connectivity index (χ1v) is 27.9. The maximum atomic E-state index is 15.2. The van der Waals surface area contributed by atoms with E-state index in [9.17, 15) is 33.1 Å². The van der Waals surface area contributed by atoms with Gasteiger partial charge in [0, 0.05) is 75.2 Å². The number of nitrogens with one attached hydrogen (secondary N) is 4. The Hall–Kier alpha value is -6.45. The van der Waals surface area contributed by atoms with E-state index in [2.05, 4.69) is 67.7 Å². The van der Waals surface area contributed by atoms with E-state index < -0.39 is 49.1 Å².